The molecule has 0 aliphatic rings. The molecule has 0 bridgehead atoms. The Balaban J connectivity index is 2.31. The van der Waals surface area contributed by atoms with Gasteiger partial charge in [0.25, 0.3) is 0 Å². The predicted molar refractivity (Wildman–Crippen MR) is 119 cm³/mol. The lowest BCUT2D eigenvalue weighted by molar-refractivity contribution is -0.136. The molecule has 2 aromatic rings. The molecule has 2 aromatic heterocycles. The number of aromatic amines is 2. The van der Waals surface area contributed by atoms with E-state index in [1.807, 2.05) is 39.8 Å². The van der Waals surface area contributed by atoms with Crippen LogP contribution in [0.1, 0.15) is 45.0 Å². The number of hydrogen-bond donors (Lipinski definition) is 2. The summed E-state index contributed by atoms with van der Waals surface area (Å²) < 4.78 is 9.28. The number of nitrogens with one attached hydrogen (secondary N) is 2. The van der Waals surface area contributed by atoms with Crippen molar-refractivity contribution in [3.05, 3.63) is 56.2 Å². The molecule has 0 aromatic carbocycles. The predicted octanol–water partition coefficient (Wildman–Crippen LogP) is 3.52. The topological polar surface area (TPSA) is 132 Å². The van der Waals surface area contributed by atoms with E-state index in [0.717, 1.165) is 33.6 Å². The molecular formula is C24H26N4O4. The minimum atomic E-state index is -0.678. The highest BCUT2D eigenvalue weighted by Crippen LogP contribution is 2.24. The maximum Gasteiger partial charge on any atom is 0.348 e. The molecule has 0 unspecified atom stereocenters. The van der Waals surface area contributed by atoms with Crippen molar-refractivity contribution < 1.29 is 19.1 Å². The largest absolute Gasteiger partial charge is 0.465 e. The van der Waals surface area contributed by atoms with Gasteiger partial charge in [0.2, 0.25) is 0 Å². The minimum absolute atomic E-state index is 0.0745. The molecule has 0 saturated heterocycles. The average Bonchev–Trinajstić information content (AvgIpc) is 3.22. The average molecular weight is 434 g/mol. The fourth-order valence-electron chi connectivity index (χ4n) is 3.38. The summed E-state index contributed by atoms with van der Waals surface area (Å²) in [5.74, 6) is -1.36. The highest BCUT2D eigenvalue weighted by atomic mass is 16.5. The smallest absolute Gasteiger partial charge is 0.348 e. The zero-order valence-corrected chi connectivity index (χ0v) is 19.1. The fourth-order valence-corrected chi connectivity index (χ4v) is 3.38. The van der Waals surface area contributed by atoms with Gasteiger partial charge in [0.1, 0.15) is 23.3 Å². The Bertz CT molecular complexity index is 1100. The molecule has 0 spiro atoms. The molecule has 2 rings (SSSR count). The van der Waals surface area contributed by atoms with Crippen molar-refractivity contribution in [2.45, 2.75) is 40.5 Å². The van der Waals surface area contributed by atoms with E-state index in [4.69, 9.17) is 0 Å². The van der Waals surface area contributed by atoms with Crippen molar-refractivity contribution in [2.24, 2.45) is 0 Å². The van der Waals surface area contributed by atoms with Gasteiger partial charge >= 0.3 is 11.9 Å². The van der Waals surface area contributed by atoms with Crippen molar-refractivity contribution in [3.63, 3.8) is 0 Å². The normalized spacial score (nSPS) is 11.6. The van der Waals surface area contributed by atoms with E-state index in [0.29, 0.717) is 24.2 Å². The molecule has 0 saturated carbocycles. The number of ether oxygens (including phenoxy) is 2. The van der Waals surface area contributed by atoms with Crippen LogP contribution >= 0.6 is 0 Å². The SMILES string of the molecule is COC(=O)C(C#N)=Cc1[nH]c(CCc2[nH]c(C=C(C#N)C(=O)OC)c(C)c2C)c(C)c1C. The summed E-state index contributed by atoms with van der Waals surface area (Å²) in [4.78, 5) is 30.0. The minimum Gasteiger partial charge on any atom is -0.465 e. The summed E-state index contributed by atoms with van der Waals surface area (Å²) >= 11 is 0. The van der Waals surface area contributed by atoms with Gasteiger partial charge < -0.3 is 19.4 Å². The molecule has 32 heavy (non-hydrogen) atoms. The number of aryl methyl sites for hydroxylation is 2. The van der Waals surface area contributed by atoms with Crippen LogP contribution in [0.25, 0.3) is 12.2 Å². The number of aromatic nitrogens is 2. The fraction of sp³-hybridized carbons (Fsp3) is 0.333. The first-order chi connectivity index (χ1) is 15.2. The van der Waals surface area contributed by atoms with Crippen LogP contribution in [0.3, 0.4) is 0 Å². The molecule has 0 amide bonds. The van der Waals surface area contributed by atoms with Crippen molar-refractivity contribution in [1.29, 1.82) is 10.5 Å². The van der Waals surface area contributed by atoms with Crippen LogP contribution in [0.15, 0.2) is 11.1 Å². The summed E-state index contributed by atoms with van der Waals surface area (Å²) in [5.41, 5.74) is 7.24. The monoisotopic (exact) mass is 434 g/mol. The Morgan fingerprint density at radius 3 is 1.38 bits per heavy atom. The highest BCUT2D eigenvalue weighted by Gasteiger charge is 2.16. The quantitative estimate of drug-likeness (QED) is 0.389. The number of hydrogen-bond acceptors (Lipinski definition) is 6. The van der Waals surface area contributed by atoms with Gasteiger partial charge in [0, 0.05) is 22.8 Å². The van der Waals surface area contributed by atoms with Crippen molar-refractivity contribution in [2.75, 3.05) is 14.2 Å². The van der Waals surface area contributed by atoms with Gasteiger partial charge in [-0.3, -0.25) is 0 Å². The van der Waals surface area contributed by atoms with Gasteiger partial charge in [0.15, 0.2) is 0 Å². The summed E-state index contributed by atoms with van der Waals surface area (Å²) in [6, 6.07) is 3.73. The van der Waals surface area contributed by atoms with E-state index in [2.05, 4.69) is 19.4 Å². The Kier molecular flexibility index (Phi) is 7.81. The Morgan fingerprint density at radius 2 is 1.09 bits per heavy atom. The van der Waals surface area contributed by atoms with E-state index in [-0.39, 0.29) is 11.1 Å². The lowest BCUT2D eigenvalue weighted by atomic mass is 10.0. The third-order valence-electron chi connectivity index (χ3n) is 5.66. The Morgan fingerprint density at radius 1 is 0.750 bits per heavy atom. The molecule has 0 fully saturated rings. The lowest BCUT2D eigenvalue weighted by Crippen LogP contribution is -2.03. The molecule has 0 aliphatic carbocycles. The number of methoxy groups -OCH3 is 2. The number of esters is 2. The van der Waals surface area contributed by atoms with E-state index in [9.17, 15) is 20.1 Å². The van der Waals surface area contributed by atoms with Gasteiger partial charge in [-0.15, -0.1) is 0 Å². The summed E-state index contributed by atoms with van der Waals surface area (Å²) in [7, 11) is 2.47. The van der Waals surface area contributed by atoms with Crippen LogP contribution in [0.2, 0.25) is 0 Å². The number of nitriles is 2. The van der Waals surface area contributed by atoms with Crippen molar-refractivity contribution in [1.82, 2.24) is 9.97 Å². The third kappa shape index (κ3) is 4.98. The van der Waals surface area contributed by atoms with Crippen LogP contribution in [0.5, 0.6) is 0 Å². The second-order valence-electron chi connectivity index (χ2n) is 7.36. The molecule has 2 N–H and O–H groups in total. The van der Waals surface area contributed by atoms with E-state index in [1.165, 1.54) is 26.4 Å². The van der Waals surface area contributed by atoms with Gasteiger partial charge in [-0.1, -0.05) is 0 Å². The van der Waals surface area contributed by atoms with Crippen LogP contribution in [-0.4, -0.2) is 36.1 Å². The summed E-state index contributed by atoms with van der Waals surface area (Å²) in [6.45, 7) is 7.83. The molecule has 8 heteroatoms. The van der Waals surface area contributed by atoms with Crippen molar-refractivity contribution >= 4 is 24.1 Å². The van der Waals surface area contributed by atoms with Gasteiger partial charge in [-0.2, -0.15) is 10.5 Å². The molecular weight excluding hydrogens is 408 g/mol. The lowest BCUT2D eigenvalue weighted by Gasteiger charge is -2.02. The van der Waals surface area contributed by atoms with Crippen LogP contribution in [0.4, 0.5) is 0 Å². The van der Waals surface area contributed by atoms with E-state index in [1.54, 1.807) is 0 Å². The molecule has 0 radical (unpaired) electrons. The number of H-pyrrole nitrogens is 2. The first-order valence-corrected chi connectivity index (χ1v) is 9.94. The number of carbonyl (C=O) groups excluding carboxylic acids is 2. The van der Waals surface area contributed by atoms with Crippen LogP contribution < -0.4 is 0 Å². The highest BCUT2D eigenvalue weighted by molar-refractivity contribution is 5.98. The maximum absolute atomic E-state index is 11.7. The van der Waals surface area contributed by atoms with E-state index >= 15 is 0 Å². The Labute approximate surface area is 187 Å². The standard InChI is InChI=1S/C24H26N4O4/c1-13-15(3)21(9-17(11-25)23(29)31-5)27-19(13)7-8-20-14(2)16(4)22(28-20)10-18(12-26)24(30)32-6/h9-10,27-28H,7-8H2,1-6H3. The molecule has 0 aliphatic heterocycles. The first kappa shape index (κ1) is 24.2. The van der Waals surface area contributed by atoms with Crippen LogP contribution in [0, 0.1) is 50.4 Å². The van der Waals surface area contributed by atoms with E-state index < -0.39 is 11.9 Å². The molecule has 8 nitrogen and oxygen atoms in total. The molecule has 2 heterocycles. The second-order valence-corrected chi connectivity index (χ2v) is 7.36. The molecule has 166 valence electrons. The van der Waals surface area contributed by atoms with Crippen molar-refractivity contribution in [3.8, 4) is 12.1 Å². The maximum atomic E-state index is 11.7. The number of rotatable bonds is 7. The Hall–Kier alpha value is -4.04. The molecule has 0 atom stereocenters. The van der Waals surface area contributed by atoms with Crippen LogP contribution in [-0.2, 0) is 31.9 Å². The summed E-state index contributed by atoms with van der Waals surface area (Å²) in [6.07, 6.45) is 4.38. The van der Waals surface area contributed by atoms with Gasteiger partial charge in [-0.25, -0.2) is 9.59 Å². The third-order valence-corrected chi connectivity index (χ3v) is 5.66. The summed E-state index contributed by atoms with van der Waals surface area (Å²) in [5, 5.41) is 18.4. The number of carbonyl (C=O) groups is 2. The second kappa shape index (κ2) is 10.3. The van der Waals surface area contributed by atoms with Gasteiger partial charge in [0.05, 0.1) is 14.2 Å². The zero-order chi connectivity index (χ0) is 24.0. The number of nitrogens with zero attached hydrogens (tertiary/aromatic N) is 2. The first-order valence-electron chi connectivity index (χ1n) is 9.94. The zero-order valence-electron chi connectivity index (χ0n) is 19.1. The van der Waals surface area contributed by atoms with Gasteiger partial charge in [-0.05, 0) is 74.9 Å².